The molecule has 0 radical (unpaired) electrons. The number of hydrogen-bond acceptors (Lipinski definition) is 4. The van der Waals surface area contributed by atoms with Gasteiger partial charge in [0.05, 0.1) is 14.2 Å². The monoisotopic (exact) mass is 389 g/mol. The number of ether oxygens (including phenoxy) is 2. The van der Waals surface area contributed by atoms with Crippen molar-refractivity contribution in [1.29, 1.82) is 0 Å². The zero-order chi connectivity index (χ0) is 17.1. The molecular weight excluding hydrogens is 374 g/mol. The van der Waals surface area contributed by atoms with E-state index in [1.807, 2.05) is 30.3 Å². The summed E-state index contributed by atoms with van der Waals surface area (Å²) in [6, 6.07) is 12.8. The summed E-state index contributed by atoms with van der Waals surface area (Å²) < 4.78 is 17.1. The van der Waals surface area contributed by atoms with Crippen LogP contribution in [0.4, 0.5) is 0 Å². The molecule has 3 aromatic rings. The highest BCUT2D eigenvalue weighted by Crippen LogP contribution is 2.30. The lowest BCUT2D eigenvalue weighted by molar-refractivity contribution is 0.0925. The summed E-state index contributed by atoms with van der Waals surface area (Å²) in [5.41, 5.74) is 1.49. The Labute approximate surface area is 147 Å². The van der Waals surface area contributed by atoms with Crippen LogP contribution in [0, 0.1) is 0 Å². The maximum atomic E-state index is 12.3. The van der Waals surface area contributed by atoms with Gasteiger partial charge in [-0.3, -0.25) is 4.79 Å². The number of para-hydroxylation sites is 1. The highest BCUT2D eigenvalue weighted by atomic mass is 79.9. The number of hydrogen-bond donors (Lipinski definition) is 1. The van der Waals surface area contributed by atoms with Crippen LogP contribution in [0.25, 0.3) is 11.0 Å². The number of carbonyl (C=O) groups excluding carboxylic acids is 1. The van der Waals surface area contributed by atoms with Gasteiger partial charge in [-0.2, -0.15) is 0 Å². The maximum absolute atomic E-state index is 12.3. The number of carbonyl (C=O) groups is 1. The molecule has 0 unspecified atom stereocenters. The van der Waals surface area contributed by atoms with Crippen LogP contribution < -0.4 is 14.8 Å². The van der Waals surface area contributed by atoms with Gasteiger partial charge in [0.1, 0.15) is 5.58 Å². The molecule has 0 aliphatic heterocycles. The Morgan fingerprint density at radius 3 is 2.75 bits per heavy atom. The molecule has 0 spiro atoms. The smallest absolute Gasteiger partial charge is 0.287 e. The molecule has 3 rings (SSSR count). The zero-order valence-electron chi connectivity index (χ0n) is 13.3. The first kappa shape index (κ1) is 16.4. The molecule has 0 fully saturated rings. The van der Waals surface area contributed by atoms with Gasteiger partial charge in [-0.1, -0.05) is 28.1 Å². The second-order valence-corrected chi connectivity index (χ2v) is 6.04. The van der Waals surface area contributed by atoms with Gasteiger partial charge in [0.15, 0.2) is 17.3 Å². The van der Waals surface area contributed by atoms with Crippen LogP contribution in [0.2, 0.25) is 0 Å². The van der Waals surface area contributed by atoms with Gasteiger partial charge in [-0.15, -0.1) is 0 Å². The summed E-state index contributed by atoms with van der Waals surface area (Å²) in [7, 11) is 3.15. The van der Waals surface area contributed by atoms with E-state index in [4.69, 9.17) is 13.9 Å². The van der Waals surface area contributed by atoms with E-state index in [1.54, 1.807) is 26.4 Å². The van der Waals surface area contributed by atoms with Gasteiger partial charge in [0.25, 0.3) is 5.91 Å². The highest BCUT2D eigenvalue weighted by Gasteiger charge is 2.14. The number of amides is 1. The minimum Gasteiger partial charge on any atom is -0.493 e. The second kappa shape index (κ2) is 6.97. The van der Waals surface area contributed by atoms with Crippen molar-refractivity contribution in [2.24, 2.45) is 0 Å². The third-order valence-electron chi connectivity index (χ3n) is 3.63. The lowest BCUT2D eigenvalue weighted by Gasteiger charge is -2.12. The molecule has 1 aromatic heterocycles. The summed E-state index contributed by atoms with van der Waals surface area (Å²) in [5.74, 6) is 1.21. The predicted octanol–water partition coefficient (Wildman–Crippen LogP) is 4.14. The maximum Gasteiger partial charge on any atom is 0.287 e. The number of furan rings is 1. The molecule has 0 atom stereocenters. The fraction of sp³-hybridized carbons (Fsp3) is 0.167. The minimum atomic E-state index is -0.285. The van der Waals surface area contributed by atoms with Crippen molar-refractivity contribution >= 4 is 32.8 Å². The molecule has 124 valence electrons. The first-order valence-corrected chi connectivity index (χ1v) is 8.09. The Morgan fingerprint density at radius 2 is 2.00 bits per heavy atom. The Bertz CT molecular complexity index is 888. The molecule has 2 aromatic carbocycles. The molecule has 1 amide bonds. The quantitative estimate of drug-likeness (QED) is 0.711. The first-order chi connectivity index (χ1) is 11.6. The highest BCUT2D eigenvalue weighted by molar-refractivity contribution is 9.10. The third kappa shape index (κ3) is 3.23. The molecule has 24 heavy (non-hydrogen) atoms. The van der Waals surface area contributed by atoms with Crippen molar-refractivity contribution in [2.75, 3.05) is 14.2 Å². The van der Waals surface area contributed by atoms with E-state index in [-0.39, 0.29) is 11.7 Å². The average Bonchev–Trinajstić information content (AvgIpc) is 3.02. The topological polar surface area (TPSA) is 60.7 Å². The summed E-state index contributed by atoms with van der Waals surface area (Å²) in [5, 5.41) is 3.71. The number of halogens is 1. The molecule has 1 heterocycles. The van der Waals surface area contributed by atoms with Crippen molar-refractivity contribution in [3.8, 4) is 11.5 Å². The SMILES string of the molecule is COc1cccc(CNC(=O)c2cc3cc(Br)ccc3o2)c1OC. The van der Waals surface area contributed by atoms with Crippen LogP contribution >= 0.6 is 15.9 Å². The fourth-order valence-corrected chi connectivity index (χ4v) is 2.86. The van der Waals surface area contributed by atoms with Crippen molar-refractivity contribution < 1.29 is 18.7 Å². The van der Waals surface area contributed by atoms with Gasteiger partial charge in [-0.05, 0) is 30.3 Å². The van der Waals surface area contributed by atoms with Crippen molar-refractivity contribution in [2.45, 2.75) is 6.54 Å². The van der Waals surface area contributed by atoms with Gasteiger partial charge in [0, 0.05) is 22.0 Å². The van der Waals surface area contributed by atoms with Gasteiger partial charge in [-0.25, -0.2) is 0 Å². The number of nitrogens with one attached hydrogen (secondary N) is 1. The van der Waals surface area contributed by atoms with Crippen molar-refractivity contribution in [3.63, 3.8) is 0 Å². The van der Waals surface area contributed by atoms with E-state index >= 15 is 0 Å². The van der Waals surface area contributed by atoms with Crippen LogP contribution in [0.5, 0.6) is 11.5 Å². The van der Waals surface area contributed by atoms with Crippen LogP contribution in [0.15, 0.2) is 51.4 Å². The van der Waals surface area contributed by atoms with Crippen LogP contribution in [-0.2, 0) is 6.54 Å². The normalized spacial score (nSPS) is 10.6. The second-order valence-electron chi connectivity index (χ2n) is 5.13. The summed E-state index contributed by atoms with van der Waals surface area (Å²) in [6.45, 7) is 0.306. The van der Waals surface area contributed by atoms with E-state index in [9.17, 15) is 4.79 Å². The van der Waals surface area contributed by atoms with Gasteiger partial charge in [0.2, 0.25) is 0 Å². The van der Waals surface area contributed by atoms with Crippen LogP contribution in [0.1, 0.15) is 16.1 Å². The molecular formula is C18H16BrNO4. The third-order valence-corrected chi connectivity index (χ3v) is 4.12. The Morgan fingerprint density at radius 1 is 1.17 bits per heavy atom. The average molecular weight is 390 g/mol. The largest absolute Gasteiger partial charge is 0.493 e. The van der Waals surface area contributed by atoms with Gasteiger partial charge < -0.3 is 19.2 Å². The number of methoxy groups -OCH3 is 2. The number of fused-ring (bicyclic) bond motifs is 1. The van der Waals surface area contributed by atoms with E-state index < -0.39 is 0 Å². The number of rotatable bonds is 5. The van der Waals surface area contributed by atoms with Crippen LogP contribution in [0.3, 0.4) is 0 Å². The predicted molar refractivity (Wildman–Crippen MR) is 94.6 cm³/mol. The van der Waals surface area contributed by atoms with Gasteiger partial charge >= 0.3 is 0 Å². The van der Waals surface area contributed by atoms with Crippen molar-refractivity contribution in [1.82, 2.24) is 5.32 Å². The lowest BCUT2D eigenvalue weighted by atomic mass is 10.2. The standard InChI is InChI=1S/C18H16BrNO4/c1-22-15-5-3-4-11(17(15)23-2)10-20-18(21)16-9-12-8-13(19)6-7-14(12)24-16/h3-9H,10H2,1-2H3,(H,20,21). The molecule has 0 saturated heterocycles. The van der Waals surface area contributed by atoms with Crippen LogP contribution in [-0.4, -0.2) is 20.1 Å². The summed E-state index contributed by atoms with van der Waals surface area (Å²) in [4.78, 5) is 12.3. The van der Waals surface area contributed by atoms with E-state index in [0.717, 1.165) is 15.4 Å². The molecule has 0 saturated carbocycles. The number of benzene rings is 2. The van der Waals surface area contributed by atoms with Crippen molar-refractivity contribution in [3.05, 3.63) is 58.3 Å². The lowest BCUT2D eigenvalue weighted by Crippen LogP contribution is -2.22. The van der Waals surface area contributed by atoms with E-state index in [0.29, 0.717) is 23.6 Å². The fourth-order valence-electron chi connectivity index (χ4n) is 2.48. The minimum absolute atomic E-state index is 0.268. The first-order valence-electron chi connectivity index (χ1n) is 7.29. The molecule has 1 N–H and O–H groups in total. The Hall–Kier alpha value is -2.47. The van der Waals surface area contributed by atoms with E-state index in [2.05, 4.69) is 21.2 Å². The Kier molecular flexibility index (Phi) is 4.76. The summed E-state index contributed by atoms with van der Waals surface area (Å²) in [6.07, 6.45) is 0. The molecule has 6 heteroatoms. The molecule has 0 bridgehead atoms. The Balaban J connectivity index is 1.77. The molecule has 0 aliphatic rings. The summed E-state index contributed by atoms with van der Waals surface area (Å²) >= 11 is 3.40. The van der Waals surface area contributed by atoms with E-state index in [1.165, 1.54) is 0 Å². The zero-order valence-corrected chi connectivity index (χ0v) is 14.8. The molecule has 0 aliphatic carbocycles. The molecule has 5 nitrogen and oxygen atoms in total.